The van der Waals surface area contributed by atoms with Crippen LogP contribution in [0, 0.1) is 0 Å². The smallest absolute Gasteiger partial charge is 0.130 e. The molecule has 0 aliphatic carbocycles. The van der Waals surface area contributed by atoms with Crippen molar-refractivity contribution in [3.8, 4) is 0 Å². The summed E-state index contributed by atoms with van der Waals surface area (Å²) >= 11 is 17.0. The summed E-state index contributed by atoms with van der Waals surface area (Å²) in [5.74, 6) is 0. The second-order valence-corrected chi connectivity index (χ2v) is 5.49. The normalized spacial score (nSPS) is 8.75. The lowest BCUT2D eigenvalue weighted by atomic mass is 10.2. The van der Waals surface area contributed by atoms with E-state index in [9.17, 15) is 0 Å². The fourth-order valence-electron chi connectivity index (χ4n) is 0.839. The minimum Gasteiger partial charge on any atom is -0.369 e. The molecule has 0 saturated heterocycles. The first-order chi connectivity index (χ1) is 7.54. The van der Waals surface area contributed by atoms with Gasteiger partial charge in [0.05, 0.1) is 0 Å². The van der Waals surface area contributed by atoms with Gasteiger partial charge in [-0.1, -0.05) is 64.0 Å². The number of rotatable bonds is 6. The molecule has 0 spiro atoms. The van der Waals surface area contributed by atoms with Crippen LogP contribution in [0.2, 0.25) is 0 Å². The molecule has 0 atom stereocenters. The van der Waals surface area contributed by atoms with E-state index >= 15 is 0 Å². The van der Waals surface area contributed by atoms with Crippen LogP contribution in [0.4, 0.5) is 0 Å². The standard InChI is InChI=1S/C6H14.C4H8N2S4/c1-3-5-6-4-2;7-3(8)5-1-2-6-4(9)10/h3-6H2,1-2H3;1-2H2,(H2,5,7,8)(H2,6,9,10). The summed E-state index contributed by atoms with van der Waals surface area (Å²) in [5, 5.41) is 5.68. The van der Waals surface area contributed by atoms with E-state index in [4.69, 9.17) is 0 Å². The zero-order valence-corrected chi connectivity index (χ0v) is 13.4. The molecule has 96 valence electrons. The van der Waals surface area contributed by atoms with Crippen molar-refractivity contribution in [2.24, 2.45) is 0 Å². The van der Waals surface area contributed by atoms with Crippen LogP contribution in [0.1, 0.15) is 39.5 Å². The van der Waals surface area contributed by atoms with E-state index in [0.29, 0.717) is 21.7 Å². The van der Waals surface area contributed by atoms with Gasteiger partial charge in [-0.15, -0.1) is 25.3 Å². The first kappa shape index (κ1) is 18.8. The molecular weight excluding hydrogens is 276 g/mol. The molecule has 0 aliphatic heterocycles. The maximum absolute atomic E-state index is 4.65. The van der Waals surface area contributed by atoms with Gasteiger partial charge in [0.15, 0.2) is 0 Å². The van der Waals surface area contributed by atoms with Crippen molar-refractivity contribution in [2.45, 2.75) is 39.5 Å². The molecular formula is C10H22N2S4. The Morgan fingerprint density at radius 3 is 1.38 bits per heavy atom. The number of unbranched alkanes of at least 4 members (excludes halogenated alkanes) is 3. The Morgan fingerprint density at radius 1 is 0.875 bits per heavy atom. The fraction of sp³-hybridized carbons (Fsp3) is 0.800. The van der Waals surface area contributed by atoms with Crippen molar-refractivity contribution in [1.82, 2.24) is 10.6 Å². The molecule has 0 aromatic carbocycles. The molecule has 16 heavy (non-hydrogen) atoms. The van der Waals surface area contributed by atoms with Crippen LogP contribution in [0.15, 0.2) is 0 Å². The lowest BCUT2D eigenvalue weighted by Gasteiger charge is -2.03. The largest absolute Gasteiger partial charge is 0.369 e. The van der Waals surface area contributed by atoms with E-state index in [-0.39, 0.29) is 0 Å². The molecule has 6 heteroatoms. The Kier molecular flexibility index (Phi) is 18.2. The minimum absolute atomic E-state index is 0.492. The summed E-state index contributed by atoms with van der Waals surface area (Å²) in [4.78, 5) is 0. The average molecular weight is 299 g/mol. The highest BCUT2D eigenvalue weighted by Crippen LogP contribution is 1.95. The van der Waals surface area contributed by atoms with Crippen LogP contribution in [0.25, 0.3) is 0 Å². The van der Waals surface area contributed by atoms with Crippen molar-refractivity contribution in [1.29, 1.82) is 0 Å². The van der Waals surface area contributed by atoms with E-state index in [1.54, 1.807) is 0 Å². The van der Waals surface area contributed by atoms with Gasteiger partial charge in [-0.3, -0.25) is 0 Å². The van der Waals surface area contributed by atoms with Crippen LogP contribution in [0.3, 0.4) is 0 Å². The number of hydrogen-bond acceptors (Lipinski definition) is 2. The van der Waals surface area contributed by atoms with Gasteiger partial charge in [-0.05, 0) is 0 Å². The average Bonchev–Trinajstić information content (AvgIpc) is 2.22. The van der Waals surface area contributed by atoms with Gasteiger partial charge in [0.1, 0.15) is 8.64 Å². The molecule has 0 radical (unpaired) electrons. The van der Waals surface area contributed by atoms with Crippen LogP contribution in [-0.4, -0.2) is 21.7 Å². The van der Waals surface area contributed by atoms with Gasteiger partial charge >= 0.3 is 0 Å². The first-order valence-electron chi connectivity index (χ1n) is 5.48. The molecule has 0 aromatic rings. The van der Waals surface area contributed by atoms with Crippen LogP contribution >= 0.6 is 49.7 Å². The van der Waals surface area contributed by atoms with Gasteiger partial charge in [0, 0.05) is 13.1 Å². The topological polar surface area (TPSA) is 24.1 Å². The van der Waals surface area contributed by atoms with Crippen LogP contribution in [-0.2, 0) is 0 Å². The molecule has 0 unspecified atom stereocenters. The molecule has 2 nitrogen and oxygen atoms in total. The van der Waals surface area contributed by atoms with E-state index < -0.39 is 0 Å². The second kappa shape index (κ2) is 15.5. The van der Waals surface area contributed by atoms with Crippen molar-refractivity contribution in [2.75, 3.05) is 13.1 Å². The number of thiocarbonyl (C=S) groups is 2. The van der Waals surface area contributed by atoms with Crippen molar-refractivity contribution in [3.63, 3.8) is 0 Å². The SMILES string of the molecule is CCCCCC.S=C(S)NCCNC(=S)S. The zero-order valence-electron chi connectivity index (χ0n) is 9.95. The number of thiol groups is 2. The summed E-state index contributed by atoms with van der Waals surface area (Å²) in [6.45, 7) is 5.89. The van der Waals surface area contributed by atoms with Crippen molar-refractivity contribution in [3.05, 3.63) is 0 Å². The van der Waals surface area contributed by atoms with E-state index in [0.717, 1.165) is 0 Å². The second-order valence-electron chi connectivity index (χ2n) is 3.17. The van der Waals surface area contributed by atoms with Gasteiger partial charge < -0.3 is 10.6 Å². The van der Waals surface area contributed by atoms with Crippen LogP contribution < -0.4 is 10.6 Å². The molecule has 0 rings (SSSR count). The molecule has 0 saturated carbocycles. The Balaban J connectivity index is 0. The van der Waals surface area contributed by atoms with E-state index in [1.165, 1.54) is 25.7 Å². The van der Waals surface area contributed by atoms with Crippen molar-refractivity contribution >= 4 is 58.3 Å². The molecule has 2 N–H and O–H groups in total. The Hall–Kier alpha value is 0.480. The maximum atomic E-state index is 4.65. The highest BCUT2D eigenvalue weighted by atomic mass is 32.1. The summed E-state index contributed by atoms with van der Waals surface area (Å²) in [5.41, 5.74) is 0. The summed E-state index contributed by atoms with van der Waals surface area (Å²) in [6.07, 6.45) is 5.54. The number of nitrogens with one attached hydrogen (secondary N) is 2. The Morgan fingerprint density at radius 2 is 1.19 bits per heavy atom. The summed E-state index contributed by atoms with van der Waals surface area (Å²) in [6, 6.07) is 0. The number of hydrogen-bond donors (Lipinski definition) is 4. The third-order valence-corrected chi connectivity index (χ3v) is 2.24. The molecule has 0 fully saturated rings. The van der Waals surface area contributed by atoms with Crippen LogP contribution in [0.5, 0.6) is 0 Å². The quantitative estimate of drug-likeness (QED) is 0.344. The monoisotopic (exact) mass is 298 g/mol. The summed E-state index contributed by atoms with van der Waals surface area (Å²) in [7, 11) is 0. The summed E-state index contributed by atoms with van der Waals surface area (Å²) < 4.78 is 0.985. The molecule has 0 amide bonds. The third-order valence-electron chi connectivity index (χ3n) is 1.63. The highest BCUT2D eigenvalue weighted by molar-refractivity contribution is 8.11. The Labute approximate surface area is 121 Å². The highest BCUT2D eigenvalue weighted by Gasteiger charge is 1.87. The van der Waals surface area contributed by atoms with Gasteiger partial charge in [0.2, 0.25) is 0 Å². The third kappa shape index (κ3) is 24.0. The molecule has 0 bridgehead atoms. The van der Waals surface area contributed by atoms with Gasteiger partial charge in [-0.2, -0.15) is 0 Å². The zero-order chi connectivity index (χ0) is 12.8. The molecule has 0 heterocycles. The minimum atomic E-state index is 0.492. The van der Waals surface area contributed by atoms with Gasteiger partial charge in [0.25, 0.3) is 0 Å². The first-order valence-corrected chi connectivity index (χ1v) is 7.19. The predicted molar refractivity (Wildman–Crippen MR) is 89.0 cm³/mol. The lowest BCUT2D eigenvalue weighted by Crippen LogP contribution is -2.29. The predicted octanol–water partition coefficient (Wildman–Crippen LogP) is 3.18. The lowest BCUT2D eigenvalue weighted by molar-refractivity contribution is 0.702. The molecule has 0 aliphatic rings. The Bertz CT molecular complexity index is 166. The van der Waals surface area contributed by atoms with Gasteiger partial charge in [-0.25, -0.2) is 0 Å². The van der Waals surface area contributed by atoms with E-state index in [1.807, 2.05) is 0 Å². The fourth-order valence-corrected chi connectivity index (χ4v) is 1.27. The maximum Gasteiger partial charge on any atom is 0.130 e. The molecule has 0 aromatic heterocycles. The van der Waals surface area contributed by atoms with E-state index in [2.05, 4.69) is 74.2 Å². The van der Waals surface area contributed by atoms with Crippen molar-refractivity contribution < 1.29 is 0 Å².